The van der Waals surface area contributed by atoms with Crippen LogP contribution < -0.4 is 14.9 Å². The summed E-state index contributed by atoms with van der Waals surface area (Å²) in [6.07, 6.45) is 1.33. The quantitative estimate of drug-likeness (QED) is 0.287. The molecule has 7 nitrogen and oxygen atoms in total. The number of methoxy groups -OCH3 is 2. The lowest BCUT2D eigenvalue weighted by Gasteiger charge is -2.32. The smallest absolute Gasteiger partial charge is 0.308 e. The van der Waals surface area contributed by atoms with E-state index in [1.54, 1.807) is 37.4 Å². The molecule has 0 amide bonds. The van der Waals surface area contributed by atoms with Crippen molar-refractivity contribution >= 4 is 44.5 Å². The molecule has 9 heteroatoms. The van der Waals surface area contributed by atoms with Gasteiger partial charge in [0, 0.05) is 16.1 Å². The predicted octanol–water partition coefficient (Wildman–Crippen LogP) is 5.23. The molecule has 1 aromatic heterocycles. The third-order valence-corrected chi connectivity index (χ3v) is 6.50. The van der Waals surface area contributed by atoms with Crippen molar-refractivity contribution in [3.05, 3.63) is 56.1 Å². The molecule has 0 atom stereocenters. The maximum Gasteiger partial charge on any atom is 0.308 e. The SMILES string of the molecule is COC(=O)C1CC(OCCOc2cc(-c3cc(=O)c4cccc(Cl)c4o3)c(Br)cc2OC)C1. The van der Waals surface area contributed by atoms with Crippen LogP contribution in [-0.2, 0) is 14.3 Å². The minimum Gasteiger partial charge on any atom is -0.493 e. The number of carbonyl (C=O) groups excluding carboxylic acids is 1. The van der Waals surface area contributed by atoms with Gasteiger partial charge in [-0.1, -0.05) is 17.7 Å². The maximum atomic E-state index is 12.6. The molecule has 0 radical (unpaired) electrons. The van der Waals surface area contributed by atoms with Crippen LogP contribution in [0.15, 0.2) is 50.1 Å². The Morgan fingerprint density at radius 3 is 2.67 bits per heavy atom. The number of para-hydroxylation sites is 1. The summed E-state index contributed by atoms with van der Waals surface area (Å²) in [6, 6.07) is 9.95. The average molecular weight is 538 g/mol. The monoisotopic (exact) mass is 536 g/mol. The van der Waals surface area contributed by atoms with Crippen LogP contribution in [0, 0.1) is 5.92 Å². The van der Waals surface area contributed by atoms with E-state index in [4.69, 9.17) is 35.0 Å². The fourth-order valence-electron chi connectivity index (χ4n) is 3.70. The van der Waals surface area contributed by atoms with E-state index < -0.39 is 0 Å². The van der Waals surface area contributed by atoms with Gasteiger partial charge < -0.3 is 23.4 Å². The molecule has 1 heterocycles. The van der Waals surface area contributed by atoms with Crippen molar-refractivity contribution in [1.82, 2.24) is 0 Å². The first-order valence-electron chi connectivity index (χ1n) is 10.3. The van der Waals surface area contributed by atoms with Crippen molar-refractivity contribution in [2.75, 3.05) is 27.4 Å². The highest BCUT2D eigenvalue weighted by molar-refractivity contribution is 9.10. The normalized spacial score (nSPS) is 17.5. The number of esters is 1. The molecule has 0 spiro atoms. The van der Waals surface area contributed by atoms with Crippen molar-refractivity contribution in [1.29, 1.82) is 0 Å². The number of hydrogen-bond acceptors (Lipinski definition) is 7. The second-order valence-corrected chi connectivity index (χ2v) is 8.87. The van der Waals surface area contributed by atoms with Crippen molar-refractivity contribution < 1.29 is 28.2 Å². The van der Waals surface area contributed by atoms with Crippen LogP contribution in [-0.4, -0.2) is 39.5 Å². The van der Waals surface area contributed by atoms with Gasteiger partial charge in [0.15, 0.2) is 22.5 Å². The zero-order valence-electron chi connectivity index (χ0n) is 18.1. The summed E-state index contributed by atoms with van der Waals surface area (Å²) in [6.45, 7) is 0.637. The standard InChI is InChI=1S/C24H22BrClO7/c1-29-21-11-17(25)16(20-12-19(27)15-4-3-5-18(26)23(15)33-20)10-22(21)32-7-6-31-14-8-13(9-14)24(28)30-2/h3-5,10-14H,6-9H2,1-2H3. The van der Waals surface area contributed by atoms with Crippen LogP contribution in [0.4, 0.5) is 0 Å². The molecule has 0 aliphatic heterocycles. The maximum absolute atomic E-state index is 12.6. The summed E-state index contributed by atoms with van der Waals surface area (Å²) in [4.78, 5) is 24.1. The van der Waals surface area contributed by atoms with E-state index in [1.165, 1.54) is 13.2 Å². The Balaban J connectivity index is 1.49. The van der Waals surface area contributed by atoms with Gasteiger partial charge in [0.05, 0.1) is 43.3 Å². The molecule has 2 aromatic carbocycles. The second-order valence-electron chi connectivity index (χ2n) is 7.61. The van der Waals surface area contributed by atoms with Crippen molar-refractivity contribution in [2.24, 2.45) is 5.92 Å². The van der Waals surface area contributed by atoms with Crippen molar-refractivity contribution in [2.45, 2.75) is 18.9 Å². The molecule has 1 saturated carbocycles. The van der Waals surface area contributed by atoms with Gasteiger partial charge in [-0.05, 0) is 53.0 Å². The van der Waals surface area contributed by atoms with Gasteiger partial charge in [0.2, 0.25) is 0 Å². The molecule has 3 aromatic rings. The van der Waals surface area contributed by atoms with E-state index in [0.29, 0.717) is 62.7 Å². The fraction of sp³-hybridized carbons (Fsp3) is 0.333. The van der Waals surface area contributed by atoms with E-state index >= 15 is 0 Å². The van der Waals surface area contributed by atoms with Crippen molar-refractivity contribution in [3.8, 4) is 22.8 Å². The van der Waals surface area contributed by atoms with Gasteiger partial charge in [0.25, 0.3) is 0 Å². The third-order valence-electron chi connectivity index (χ3n) is 5.55. The summed E-state index contributed by atoms with van der Waals surface area (Å²) in [5.74, 6) is 1.06. The van der Waals surface area contributed by atoms with Crippen LogP contribution in [0.1, 0.15) is 12.8 Å². The Kier molecular flexibility index (Phi) is 7.26. The minimum atomic E-state index is -0.196. The summed E-state index contributed by atoms with van der Waals surface area (Å²) < 4.78 is 28.5. The first kappa shape index (κ1) is 23.6. The van der Waals surface area contributed by atoms with E-state index in [9.17, 15) is 9.59 Å². The van der Waals surface area contributed by atoms with E-state index in [2.05, 4.69) is 15.9 Å². The fourth-order valence-corrected chi connectivity index (χ4v) is 4.43. The molecule has 33 heavy (non-hydrogen) atoms. The van der Waals surface area contributed by atoms with Crippen LogP contribution in [0.25, 0.3) is 22.3 Å². The zero-order valence-corrected chi connectivity index (χ0v) is 20.4. The number of carbonyl (C=O) groups is 1. The third kappa shape index (κ3) is 5.03. The van der Waals surface area contributed by atoms with Gasteiger partial charge in [-0.15, -0.1) is 0 Å². The molecule has 4 rings (SSSR count). The van der Waals surface area contributed by atoms with Gasteiger partial charge in [-0.3, -0.25) is 9.59 Å². The zero-order chi connectivity index (χ0) is 23.5. The van der Waals surface area contributed by atoms with E-state index in [0.717, 1.165) is 0 Å². The highest BCUT2D eigenvalue weighted by Gasteiger charge is 2.35. The largest absolute Gasteiger partial charge is 0.493 e. The van der Waals surface area contributed by atoms with Crippen LogP contribution in [0.2, 0.25) is 5.02 Å². The second kappa shape index (κ2) is 10.2. The van der Waals surface area contributed by atoms with Crippen LogP contribution in [0.3, 0.4) is 0 Å². The highest BCUT2D eigenvalue weighted by Crippen LogP contribution is 2.39. The molecule has 0 bridgehead atoms. The van der Waals surface area contributed by atoms with Gasteiger partial charge in [-0.2, -0.15) is 0 Å². The lowest BCUT2D eigenvalue weighted by molar-refractivity contribution is -0.155. The summed E-state index contributed by atoms with van der Waals surface area (Å²) in [5, 5.41) is 0.769. The van der Waals surface area contributed by atoms with Crippen molar-refractivity contribution in [3.63, 3.8) is 0 Å². The van der Waals surface area contributed by atoms with E-state index in [-0.39, 0.29) is 30.0 Å². The number of ether oxygens (including phenoxy) is 4. The molecule has 0 saturated heterocycles. The topological polar surface area (TPSA) is 84.2 Å². The molecule has 1 aliphatic rings. The number of fused-ring (bicyclic) bond motifs is 1. The molecular weight excluding hydrogens is 516 g/mol. The number of halogens is 2. The highest BCUT2D eigenvalue weighted by atomic mass is 79.9. The average Bonchev–Trinajstić information content (AvgIpc) is 2.78. The van der Waals surface area contributed by atoms with E-state index in [1.807, 2.05) is 0 Å². The molecule has 0 unspecified atom stereocenters. The Morgan fingerprint density at radius 1 is 1.15 bits per heavy atom. The first-order valence-corrected chi connectivity index (χ1v) is 11.5. The minimum absolute atomic E-state index is 0.0247. The van der Waals surface area contributed by atoms with Gasteiger partial charge in [0.1, 0.15) is 12.4 Å². The predicted molar refractivity (Wildman–Crippen MR) is 127 cm³/mol. The summed E-state index contributed by atoms with van der Waals surface area (Å²) in [7, 11) is 2.93. The molecule has 1 aliphatic carbocycles. The molecule has 174 valence electrons. The molecular formula is C24H22BrClO7. The molecule has 1 fully saturated rings. The number of hydrogen-bond donors (Lipinski definition) is 0. The number of rotatable bonds is 8. The Hall–Kier alpha value is -2.55. The first-order chi connectivity index (χ1) is 15.9. The van der Waals surface area contributed by atoms with Crippen LogP contribution >= 0.6 is 27.5 Å². The Morgan fingerprint density at radius 2 is 1.94 bits per heavy atom. The lowest BCUT2D eigenvalue weighted by Crippen LogP contribution is -2.37. The van der Waals surface area contributed by atoms with Gasteiger partial charge in [-0.25, -0.2) is 0 Å². The Labute approximate surface area is 203 Å². The summed E-state index contributed by atoms with van der Waals surface area (Å²) >= 11 is 9.75. The Bertz CT molecular complexity index is 1230. The number of benzene rings is 2. The molecule has 0 N–H and O–H groups in total. The lowest BCUT2D eigenvalue weighted by atomic mass is 9.82. The summed E-state index contributed by atoms with van der Waals surface area (Å²) in [5.41, 5.74) is 0.745. The van der Waals surface area contributed by atoms with Crippen LogP contribution in [0.5, 0.6) is 11.5 Å². The van der Waals surface area contributed by atoms with Gasteiger partial charge >= 0.3 is 5.97 Å².